The molecule has 3 rings (SSSR count). The van der Waals surface area contributed by atoms with Gasteiger partial charge in [-0.1, -0.05) is 24.0 Å². The van der Waals surface area contributed by atoms with Gasteiger partial charge in [0.1, 0.15) is 15.8 Å². The minimum Gasteiger partial charge on any atom is -0.462 e. The van der Waals surface area contributed by atoms with Crippen LogP contribution in [-0.4, -0.2) is 59.4 Å². The smallest absolute Gasteiger partial charge is 0.266 e. The molecule has 22 heavy (non-hydrogen) atoms. The number of furan rings is 1. The van der Waals surface area contributed by atoms with Gasteiger partial charge in [-0.05, 0) is 19.1 Å². The lowest BCUT2D eigenvalue weighted by Crippen LogP contribution is -2.42. The van der Waals surface area contributed by atoms with Gasteiger partial charge in [-0.25, -0.2) is 0 Å². The average Bonchev–Trinajstić information content (AvgIpc) is 3.03. The maximum atomic E-state index is 12.5. The van der Waals surface area contributed by atoms with Crippen molar-refractivity contribution in [2.75, 3.05) is 39.4 Å². The van der Waals surface area contributed by atoms with Crippen molar-refractivity contribution in [3.05, 3.63) is 28.6 Å². The lowest BCUT2D eigenvalue weighted by atomic mass is 10.3. The van der Waals surface area contributed by atoms with Gasteiger partial charge in [0.25, 0.3) is 5.91 Å². The number of hydrogen-bond donors (Lipinski definition) is 0. The highest BCUT2D eigenvalue weighted by molar-refractivity contribution is 8.26. The molecule has 0 atom stereocenters. The minimum absolute atomic E-state index is 0.0303. The van der Waals surface area contributed by atoms with E-state index in [1.165, 1.54) is 11.8 Å². The summed E-state index contributed by atoms with van der Waals surface area (Å²) in [4.78, 5) is 17.1. The summed E-state index contributed by atoms with van der Waals surface area (Å²) < 4.78 is 11.4. The Kier molecular flexibility index (Phi) is 4.97. The first-order valence-electron chi connectivity index (χ1n) is 7.25. The minimum atomic E-state index is -0.0303. The summed E-state index contributed by atoms with van der Waals surface area (Å²) in [6, 6.07) is 3.74. The van der Waals surface area contributed by atoms with Crippen LogP contribution in [-0.2, 0) is 9.53 Å². The highest BCUT2D eigenvalue weighted by Crippen LogP contribution is 2.32. The normalized spacial score (nSPS) is 22.0. The second kappa shape index (κ2) is 6.95. The molecule has 0 aliphatic carbocycles. The molecule has 5 nitrogen and oxygen atoms in total. The van der Waals surface area contributed by atoms with Crippen molar-refractivity contribution in [1.82, 2.24) is 9.80 Å². The van der Waals surface area contributed by atoms with Crippen molar-refractivity contribution in [2.45, 2.75) is 6.92 Å². The van der Waals surface area contributed by atoms with Crippen LogP contribution in [0.25, 0.3) is 6.08 Å². The van der Waals surface area contributed by atoms with Crippen molar-refractivity contribution < 1.29 is 13.9 Å². The molecule has 1 amide bonds. The number of thioether (sulfide) groups is 1. The molecule has 2 aliphatic rings. The van der Waals surface area contributed by atoms with Gasteiger partial charge >= 0.3 is 0 Å². The largest absolute Gasteiger partial charge is 0.462 e. The molecule has 0 aromatic carbocycles. The van der Waals surface area contributed by atoms with Crippen molar-refractivity contribution in [3.63, 3.8) is 0 Å². The standard InChI is InChI=1S/C15H18N2O3S2/c1-11-2-3-12(20-11)10-13-14(18)17(15(21)22-13)5-4-16-6-8-19-9-7-16/h2-3,10H,4-9H2,1H3. The van der Waals surface area contributed by atoms with Crippen LogP contribution in [0.3, 0.4) is 0 Å². The Hall–Kier alpha value is -1.15. The van der Waals surface area contributed by atoms with E-state index >= 15 is 0 Å². The number of carbonyl (C=O) groups excluding carboxylic acids is 1. The molecular formula is C15H18N2O3S2. The van der Waals surface area contributed by atoms with Crippen LogP contribution in [0.1, 0.15) is 11.5 Å². The molecule has 1 aromatic rings. The highest BCUT2D eigenvalue weighted by atomic mass is 32.2. The molecule has 0 saturated carbocycles. The third kappa shape index (κ3) is 3.60. The molecule has 7 heteroatoms. The van der Waals surface area contributed by atoms with E-state index in [4.69, 9.17) is 21.4 Å². The van der Waals surface area contributed by atoms with Crippen LogP contribution in [0.2, 0.25) is 0 Å². The third-order valence-corrected chi connectivity index (χ3v) is 5.03. The number of carbonyl (C=O) groups is 1. The Morgan fingerprint density at radius 2 is 2.09 bits per heavy atom. The van der Waals surface area contributed by atoms with Gasteiger partial charge in [-0.3, -0.25) is 14.6 Å². The van der Waals surface area contributed by atoms with Crippen LogP contribution < -0.4 is 0 Å². The molecule has 3 heterocycles. The molecule has 2 fully saturated rings. The topological polar surface area (TPSA) is 45.9 Å². The summed E-state index contributed by atoms with van der Waals surface area (Å²) in [7, 11) is 0. The number of ether oxygens (including phenoxy) is 1. The Labute approximate surface area is 139 Å². The summed E-state index contributed by atoms with van der Waals surface area (Å²) in [6.07, 6.45) is 1.76. The Balaban J connectivity index is 1.62. The number of aryl methyl sites for hydroxylation is 1. The number of thiocarbonyl (C=S) groups is 1. The first-order valence-corrected chi connectivity index (χ1v) is 8.48. The van der Waals surface area contributed by atoms with E-state index in [-0.39, 0.29) is 5.91 Å². The monoisotopic (exact) mass is 338 g/mol. The maximum Gasteiger partial charge on any atom is 0.266 e. The molecule has 2 aliphatic heterocycles. The van der Waals surface area contributed by atoms with Crippen molar-refractivity contribution in [3.8, 4) is 0 Å². The van der Waals surface area contributed by atoms with E-state index < -0.39 is 0 Å². The Morgan fingerprint density at radius 1 is 1.32 bits per heavy atom. The van der Waals surface area contributed by atoms with Gasteiger partial charge in [0, 0.05) is 32.3 Å². The van der Waals surface area contributed by atoms with E-state index in [0.717, 1.165) is 38.6 Å². The second-order valence-electron chi connectivity index (χ2n) is 5.24. The SMILES string of the molecule is Cc1ccc(C=C2SC(=S)N(CCN3CCOCC3)C2=O)o1. The summed E-state index contributed by atoms with van der Waals surface area (Å²) in [5.41, 5.74) is 0. The van der Waals surface area contributed by atoms with Crippen LogP contribution >= 0.6 is 24.0 Å². The molecule has 0 bridgehead atoms. The number of amides is 1. The number of rotatable bonds is 4. The fraction of sp³-hybridized carbons (Fsp3) is 0.467. The van der Waals surface area contributed by atoms with Crippen LogP contribution in [0, 0.1) is 6.92 Å². The first kappa shape index (κ1) is 15.7. The van der Waals surface area contributed by atoms with Crippen molar-refractivity contribution >= 4 is 40.3 Å². The predicted molar refractivity (Wildman–Crippen MR) is 90.6 cm³/mol. The van der Waals surface area contributed by atoms with E-state index in [9.17, 15) is 4.79 Å². The van der Waals surface area contributed by atoms with Crippen molar-refractivity contribution in [1.29, 1.82) is 0 Å². The lowest BCUT2D eigenvalue weighted by molar-refractivity contribution is -0.122. The van der Waals surface area contributed by atoms with E-state index in [0.29, 0.717) is 21.5 Å². The average molecular weight is 338 g/mol. The summed E-state index contributed by atoms with van der Waals surface area (Å²) in [5, 5.41) is 0. The zero-order chi connectivity index (χ0) is 15.5. The van der Waals surface area contributed by atoms with Crippen molar-refractivity contribution in [2.24, 2.45) is 0 Å². The van der Waals surface area contributed by atoms with E-state index in [1.54, 1.807) is 11.0 Å². The molecule has 0 unspecified atom stereocenters. The van der Waals surface area contributed by atoms with Crippen LogP contribution in [0.15, 0.2) is 21.5 Å². The zero-order valence-corrected chi connectivity index (χ0v) is 14.0. The van der Waals surface area contributed by atoms with E-state index in [2.05, 4.69) is 4.90 Å². The van der Waals surface area contributed by atoms with Gasteiger partial charge < -0.3 is 9.15 Å². The Bertz CT molecular complexity index is 606. The van der Waals surface area contributed by atoms with Gasteiger partial charge in [0.05, 0.1) is 18.1 Å². The highest BCUT2D eigenvalue weighted by Gasteiger charge is 2.32. The molecule has 1 aromatic heterocycles. The molecular weight excluding hydrogens is 320 g/mol. The van der Waals surface area contributed by atoms with Gasteiger partial charge in [-0.15, -0.1) is 0 Å². The first-order chi connectivity index (χ1) is 10.6. The Morgan fingerprint density at radius 3 is 2.77 bits per heavy atom. The quantitative estimate of drug-likeness (QED) is 0.619. The lowest BCUT2D eigenvalue weighted by Gasteiger charge is -2.28. The number of nitrogens with zero attached hydrogens (tertiary/aromatic N) is 2. The summed E-state index contributed by atoms with van der Waals surface area (Å²) in [5.74, 6) is 1.48. The number of hydrogen-bond acceptors (Lipinski definition) is 6. The molecule has 0 spiro atoms. The maximum absolute atomic E-state index is 12.5. The molecule has 0 N–H and O–H groups in total. The van der Waals surface area contributed by atoms with Crippen LogP contribution in [0.5, 0.6) is 0 Å². The predicted octanol–water partition coefficient (Wildman–Crippen LogP) is 2.12. The third-order valence-electron chi connectivity index (χ3n) is 3.65. The molecule has 2 saturated heterocycles. The second-order valence-corrected chi connectivity index (χ2v) is 6.91. The summed E-state index contributed by atoms with van der Waals surface area (Å²) >= 11 is 6.67. The zero-order valence-electron chi connectivity index (χ0n) is 12.4. The van der Waals surface area contributed by atoms with E-state index in [1.807, 2.05) is 19.1 Å². The molecule has 118 valence electrons. The molecule has 0 radical (unpaired) electrons. The fourth-order valence-corrected chi connectivity index (χ4v) is 3.71. The van der Waals surface area contributed by atoms with Gasteiger partial charge in [-0.2, -0.15) is 0 Å². The van der Waals surface area contributed by atoms with Crippen LogP contribution in [0.4, 0.5) is 0 Å². The number of morpholine rings is 1. The summed E-state index contributed by atoms with van der Waals surface area (Å²) in [6.45, 7) is 6.67. The van der Waals surface area contributed by atoms with Gasteiger partial charge in [0.15, 0.2) is 0 Å². The fourth-order valence-electron chi connectivity index (χ4n) is 2.42. The van der Waals surface area contributed by atoms with Gasteiger partial charge in [0.2, 0.25) is 0 Å².